The molecule has 1 aliphatic heterocycles. The third-order valence-corrected chi connectivity index (χ3v) is 2.87. The second-order valence-electron chi connectivity index (χ2n) is 4.10. The van der Waals surface area contributed by atoms with E-state index in [4.69, 9.17) is 10.00 Å². The summed E-state index contributed by atoms with van der Waals surface area (Å²) in [6, 6.07) is 11.1. The second-order valence-corrected chi connectivity index (χ2v) is 4.10. The molecule has 2 rings (SSSR count). The van der Waals surface area contributed by atoms with Crippen LogP contribution in [0.25, 0.3) is 0 Å². The van der Waals surface area contributed by atoms with E-state index in [-0.39, 0.29) is 6.09 Å². The van der Waals surface area contributed by atoms with Crippen LogP contribution in [0.5, 0.6) is 5.75 Å². The number of nitriles is 1. The van der Waals surface area contributed by atoms with Crippen LogP contribution in [0.4, 0.5) is 4.79 Å². The van der Waals surface area contributed by atoms with E-state index in [0.717, 1.165) is 13.1 Å². The van der Waals surface area contributed by atoms with Gasteiger partial charge in [-0.2, -0.15) is 5.26 Å². The van der Waals surface area contributed by atoms with E-state index >= 15 is 0 Å². The lowest BCUT2D eigenvalue weighted by molar-refractivity contribution is 0.116. The van der Waals surface area contributed by atoms with Crippen molar-refractivity contribution in [1.29, 1.82) is 5.26 Å². The minimum absolute atomic E-state index is 0.321. The molecule has 0 N–H and O–H groups in total. The lowest BCUT2D eigenvalue weighted by Gasteiger charge is -2.32. The normalized spacial score (nSPS) is 16.1. The summed E-state index contributed by atoms with van der Waals surface area (Å²) in [6.45, 7) is 3.07. The van der Waals surface area contributed by atoms with E-state index in [9.17, 15) is 4.79 Å². The Balaban J connectivity index is 1.83. The number of piperazine rings is 1. The highest BCUT2D eigenvalue weighted by molar-refractivity contribution is 5.70. The second kappa shape index (κ2) is 6.03. The van der Waals surface area contributed by atoms with Crippen molar-refractivity contribution in [1.82, 2.24) is 9.80 Å². The molecule has 0 saturated carbocycles. The van der Waals surface area contributed by atoms with Gasteiger partial charge in [0.2, 0.25) is 0 Å². The first-order chi connectivity index (χ1) is 8.79. The van der Waals surface area contributed by atoms with E-state index in [2.05, 4.69) is 6.07 Å². The molecule has 0 unspecified atom stereocenters. The number of amides is 1. The van der Waals surface area contributed by atoms with Crippen molar-refractivity contribution in [2.45, 2.75) is 0 Å². The fraction of sp³-hybridized carbons (Fsp3) is 0.385. The maximum Gasteiger partial charge on any atom is 0.415 e. The first-order valence-electron chi connectivity index (χ1n) is 5.90. The Labute approximate surface area is 106 Å². The molecule has 0 spiro atoms. The first-order valence-corrected chi connectivity index (χ1v) is 5.90. The van der Waals surface area contributed by atoms with Crippen molar-refractivity contribution in [3.05, 3.63) is 30.3 Å². The van der Waals surface area contributed by atoms with Gasteiger partial charge in [-0.25, -0.2) is 4.79 Å². The number of para-hydroxylation sites is 1. The van der Waals surface area contributed by atoms with Crippen LogP contribution in [-0.2, 0) is 0 Å². The van der Waals surface area contributed by atoms with Crippen LogP contribution in [0.1, 0.15) is 0 Å². The zero-order valence-electron chi connectivity index (χ0n) is 10.1. The Hall–Kier alpha value is -2.06. The molecule has 0 radical (unpaired) electrons. The Morgan fingerprint density at radius 1 is 1.22 bits per heavy atom. The highest BCUT2D eigenvalue weighted by atomic mass is 16.6. The lowest BCUT2D eigenvalue weighted by Crippen LogP contribution is -2.49. The molecular weight excluding hydrogens is 230 g/mol. The van der Waals surface area contributed by atoms with Crippen LogP contribution < -0.4 is 4.74 Å². The summed E-state index contributed by atoms with van der Waals surface area (Å²) in [5, 5.41) is 8.59. The topological polar surface area (TPSA) is 56.6 Å². The average Bonchev–Trinajstić information content (AvgIpc) is 2.41. The third kappa shape index (κ3) is 3.22. The molecule has 1 heterocycles. The maximum absolute atomic E-state index is 11.9. The van der Waals surface area contributed by atoms with Gasteiger partial charge in [-0.15, -0.1) is 0 Å². The molecule has 0 bridgehead atoms. The van der Waals surface area contributed by atoms with Gasteiger partial charge in [-0.05, 0) is 12.1 Å². The summed E-state index contributed by atoms with van der Waals surface area (Å²) in [5.41, 5.74) is 0. The molecule has 1 aromatic rings. The molecule has 1 saturated heterocycles. The monoisotopic (exact) mass is 245 g/mol. The van der Waals surface area contributed by atoms with Crippen molar-refractivity contribution >= 4 is 6.09 Å². The van der Waals surface area contributed by atoms with E-state index in [1.54, 1.807) is 17.0 Å². The van der Waals surface area contributed by atoms with Gasteiger partial charge < -0.3 is 9.64 Å². The Bertz CT molecular complexity index is 433. The predicted molar refractivity (Wildman–Crippen MR) is 66.1 cm³/mol. The number of rotatable bonds is 2. The number of carbonyl (C=O) groups excluding carboxylic acids is 1. The SMILES string of the molecule is N#CCN1CCN(C(=O)Oc2ccccc2)CC1. The molecule has 0 aliphatic carbocycles. The zero-order chi connectivity index (χ0) is 12.8. The van der Waals surface area contributed by atoms with Gasteiger partial charge >= 0.3 is 6.09 Å². The number of benzene rings is 1. The first kappa shape index (κ1) is 12.4. The van der Waals surface area contributed by atoms with E-state index in [1.807, 2.05) is 23.1 Å². The van der Waals surface area contributed by atoms with Crippen molar-refractivity contribution in [3.63, 3.8) is 0 Å². The molecule has 1 aliphatic rings. The Morgan fingerprint density at radius 2 is 1.89 bits per heavy atom. The van der Waals surface area contributed by atoms with E-state index < -0.39 is 0 Å². The largest absolute Gasteiger partial charge is 0.415 e. The molecular formula is C13H15N3O2. The van der Waals surface area contributed by atoms with Crippen LogP contribution in [0.3, 0.4) is 0 Å². The number of nitrogens with zero attached hydrogens (tertiary/aromatic N) is 3. The Morgan fingerprint density at radius 3 is 2.50 bits per heavy atom. The molecule has 18 heavy (non-hydrogen) atoms. The van der Waals surface area contributed by atoms with E-state index in [1.165, 1.54) is 0 Å². The maximum atomic E-state index is 11.9. The van der Waals surface area contributed by atoms with Gasteiger partial charge in [0, 0.05) is 26.2 Å². The molecule has 94 valence electrons. The van der Waals surface area contributed by atoms with Crippen LogP contribution in [0.2, 0.25) is 0 Å². The minimum atomic E-state index is -0.321. The van der Waals surface area contributed by atoms with Crippen LogP contribution in [-0.4, -0.2) is 48.6 Å². The summed E-state index contributed by atoms with van der Waals surface area (Å²) in [7, 11) is 0. The molecule has 5 nitrogen and oxygen atoms in total. The van der Waals surface area contributed by atoms with Crippen molar-refractivity contribution in [3.8, 4) is 11.8 Å². The van der Waals surface area contributed by atoms with Crippen molar-refractivity contribution < 1.29 is 9.53 Å². The summed E-state index contributed by atoms with van der Waals surface area (Å²) in [5.74, 6) is 0.557. The minimum Gasteiger partial charge on any atom is -0.410 e. The zero-order valence-corrected chi connectivity index (χ0v) is 10.1. The quantitative estimate of drug-likeness (QED) is 0.737. The van der Waals surface area contributed by atoms with Gasteiger partial charge in [0.25, 0.3) is 0 Å². The van der Waals surface area contributed by atoms with Crippen LogP contribution in [0.15, 0.2) is 30.3 Å². The third-order valence-electron chi connectivity index (χ3n) is 2.87. The molecule has 0 aromatic heterocycles. The number of ether oxygens (including phenoxy) is 1. The highest BCUT2D eigenvalue weighted by Crippen LogP contribution is 2.11. The summed E-state index contributed by atoms with van der Waals surface area (Å²) >= 11 is 0. The number of hydrogen-bond donors (Lipinski definition) is 0. The summed E-state index contributed by atoms with van der Waals surface area (Å²) in [6.07, 6.45) is -0.321. The standard InChI is InChI=1S/C13H15N3O2/c14-6-7-15-8-10-16(11-9-15)13(17)18-12-4-2-1-3-5-12/h1-5H,7-11H2. The molecule has 1 amide bonds. The van der Waals surface area contributed by atoms with Crippen LogP contribution in [0, 0.1) is 11.3 Å². The lowest BCUT2D eigenvalue weighted by atomic mass is 10.3. The van der Waals surface area contributed by atoms with Crippen LogP contribution >= 0.6 is 0 Å². The van der Waals surface area contributed by atoms with Gasteiger partial charge in [0.05, 0.1) is 12.6 Å². The Kier molecular flexibility index (Phi) is 4.15. The predicted octanol–water partition coefficient (Wildman–Crippen LogP) is 1.33. The highest BCUT2D eigenvalue weighted by Gasteiger charge is 2.22. The molecule has 0 atom stereocenters. The fourth-order valence-electron chi connectivity index (χ4n) is 1.84. The van der Waals surface area contributed by atoms with Gasteiger partial charge in [0.15, 0.2) is 0 Å². The fourth-order valence-corrected chi connectivity index (χ4v) is 1.84. The van der Waals surface area contributed by atoms with Gasteiger partial charge in [-0.1, -0.05) is 18.2 Å². The summed E-state index contributed by atoms with van der Waals surface area (Å²) in [4.78, 5) is 15.5. The number of carbonyl (C=O) groups is 1. The van der Waals surface area contributed by atoms with Crippen molar-refractivity contribution in [2.24, 2.45) is 0 Å². The molecule has 1 aromatic carbocycles. The van der Waals surface area contributed by atoms with E-state index in [0.29, 0.717) is 25.4 Å². The average molecular weight is 245 g/mol. The summed E-state index contributed by atoms with van der Waals surface area (Å²) < 4.78 is 5.25. The molecule has 5 heteroatoms. The van der Waals surface area contributed by atoms with Crippen molar-refractivity contribution in [2.75, 3.05) is 32.7 Å². The molecule has 1 fully saturated rings. The smallest absolute Gasteiger partial charge is 0.410 e. The number of hydrogen-bond acceptors (Lipinski definition) is 4. The van der Waals surface area contributed by atoms with Gasteiger partial charge in [0.1, 0.15) is 5.75 Å². The van der Waals surface area contributed by atoms with Gasteiger partial charge in [-0.3, -0.25) is 4.90 Å².